The highest BCUT2D eigenvalue weighted by Gasteiger charge is 2.21. The molecule has 1 aliphatic carbocycles. The summed E-state index contributed by atoms with van der Waals surface area (Å²) >= 11 is 3.56. The summed E-state index contributed by atoms with van der Waals surface area (Å²) in [6, 6.07) is 7.32. The maximum absolute atomic E-state index is 3.74. The molecule has 1 N–H and O–H groups in total. The van der Waals surface area contributed by atoms with E-state index in [-0.39, 0.29) is 0 Å². The van der Waals surface area contributed by atoms with E-state index in [2.05, 4.69) is 44.3 Å². The lowest BCUT2D eigenvalue weighted by Crippen LogP contribution is -2.26. The second-order valence-electron chi connectivity index (χ2n) is 5.79. The van der Waals surface area contributed by atoms with Crippen molar-refractivity contribution in [3.63, 3.8) is 0 Å². The molecule has 0 radical (unpaired) electrons. The van der Waals surface area contributed by atoms with E-state index in [1.54, 1.807) is 0 Å². The quantitative estimate of drug-likeness (QED) is 0.834. The highest BCUT2D eigenvalue weighted by atomic mass is 79.9. The molecule has 1 aliphatic heterocycles. The van der Waals surface area contributed by atoms with Crippen LogP contribution in [0.1, 0.15) is 42.9 Å². The SMILES string of the molecule is Brc1ccc2c(c1)CCC2NCCCN1CCCC1. The Morgan fingerprint density at radius 3 is 2.95 bits per heavy atom. The van der Waals surface area contributed by atoms with Crippen LogP contribution in [0.2, 0.25) is 0 Å². The minimum atomic E-state index is 0.585. The maximum Gasteiger partial charge on any atom is 0.0326 e. The van der Waals surface area contributed by atoms with Gasteiger partial charge < -0.3 is 10.2 Å². The first-order valence-electron chi connectivity index (χ1n) is 7.57. The van der Waals surface area contributed by atoms with Gasteiger partial charge in [0.25, 0.3) is 0 Å². The largest absolute Gasteiger partial charge is 0.310 e. The molecule has 0 saturated carbocycles. The first kappa shape index (κ1) is 13.6. The molecule has 19 heavy (non-hydrogen) atoms. The number of aryl methyl sites for hydroxylation is 1. The third-order valence-electron chi connectivity index (χ3n) is 4.42. The molecule has 1 aromatic rings. The first-order chi connectivity index (χ1) is 9.33. The molecule has 1 aromatic carbocycles. The molecule has 1 unspecified atom stereocenters. The van der Waals surface area contributed by atoms with Gasteiger partial charge in [-0.15, -0.1) is 0 Å². The Morgan fingerprint density at radius 2 is 2.11 bits per heavy atom. The Morgan fingerprint density at radius 1 is 1.26 bits per heavy atom. The van der Waals surface area contributed by atoms with Crippen LogP contribution in [-0.2, 0) is 6.42 Å². The fourth-order valence-electron chi connectivity index (χ4n) is 3.38. The van der Waals surface area contributed by atoms with E-state index in [1.165, 1.54) is 67.3 Å². The first-order valence-corrected chi connectivity index (χ1v) is 8.36. The molecule has 104 valence electrons. The number of benzene rings is 1. The van der Waals surface area contributed by atoms with Crippen molar-refractivity contribution in [3.8, 4) is 0 Å². The van der Waals surface area contributed by atoms with Crippen LogP contribution in [0.4, 0.5) is 0 Å². The van der Waals surface area contributed by atoms with Crippen molar-refractivity contribution >= 4 is 15.9 Å². The monoisotopic (exact) mass is 322 g/mol. The number of rotatable bonds is 5. The van der Waals surface area contributed by atoms with E-state index in [0.717, 1.165) is 6.54 Å². The Labute approximate surface area is 124 Å². The average molecular weight is 323 g/mol. The van der Waals surface area contributed by atoms with E-state index in [9.17, 15) is 0 Å². The Bertz CT molecular complexity index is 427. The van der Waals surface area contributed by atoms with Gasteiger partial charge >= 0.3 is 0 Å². The van der Waals surface area contributed by atoms with Crippen LogP contribution in [0.3, 0.4) is 0 Å². The van der Waals surface area contributed by atoms with Crippen LogP contribution in [-0.4, -0.2) is 31.1 Å². The molecule has 3 heteroatoms. The van der Waals surface area contributed by atoms with Crippen molar-refractivity contribution < 1.29 is 0 Å². The van der Waals surface area contributed by atoms with Gasteiger partial charge in [-0.05, 0) is 81.5 Å². The zero-order valence-corrected chi connectivity index (χ0v) is 13.1. The molecule has 3 rings (SSSR count). The summed E-state index contributed by atoms with van der Waals surface area (Å²) in [5.41, 5.74) is 3.04. The summed E-state index contributed by atoms with van der Waals surface area (Å²) in [4.78, 5) is 2.60. The van der Waals surface area contributed by atoms with Crippen LogP contribution in [0.15, 0.2) is 22.7 Å². The number of fused-ring (bicyclic) bond motifs is 1. The predicted molar refractivity (Wildman–Crippen MR) is 83.5 cm³/mol. The van der Waals surface area contributed by atoms with E-state index in [0.29, 0.717) is 6.04 Å². The number of halogens is 1. The molecular weight excluding hydrogens is 300 g/mol. The van der Waals surface area contributed by atoms with E-state index >= 15 is 0 Å². The van der Waals surface area contributed by atoms with Gasteiger partial charge in [0, 0.05) is 10.5 Å². The van der Waals surface area contributed by atoms with Gasteiger partial charge in [0.05, 0.1) is 0 Å². The molecule has 1 fully saturated rings. The molecule has 1 heterocycles. The van der Waals surface area contributed by atoms with Gasteiger partial charge in [0.2, 0.25) is 0 Å². The lowest BCUT2D eigenvalue weighted by molar-refractivity contribution is 0.327. The molecular formula is C16H23BrN2. The minimum Gasteiger partial charge on any atom is -0.310 e. The summed E-state index contributed by atoms with van der Waals surface area (Å²) in [6.07, 6.45) is 6.56. The van der Waals surface area contributed by atoms with E-state index < -0.39 is 0 Å². The normalized spacial score (nSPS) is 22.9. The number of nitrogens with one attached hydrogen (secondary N) is 1. The highest BCUT2D eigenvalue weighted by molar-refractivity contribution is 9.10. The summed E-state index contributed by atoms with van der Waals surface area (Å²) in [7, 11) is 0. The van der Waals surface area contributed by atoms with E-state index in [1.807, 2.05) is 0 Å². The third-order valence-corrected chi connectivity index (χ3v) is 4.92. The standard InChI is InChI=1S/C16H23BrN2/c17-14-5-6-15-13(12-14)4-7-16(15)18-8-3-11-19-9-1-2-10-19/h5-6,12,16,18H,1-4,7-11H2. The molecule has 0 amide bonds. The fourth-order valence-corrected chi connectivity index (χ4v) is 3.79. The fraction of sp³-hybridized carbons (Fsp3) is 0.625. The van der Waals surface area contributed by atoms with Crippen molar-refractivity contribution in [3.05, 3.63) is 33.8 Å². The average Bonchev–Trinajstić information content (AvgIpc) is 3.03. The number of hydrogen-bond acceptors (Lipinski definition) is 2. The summed E-state index contributed by atoms with van der Waals surface area (Å²) < 4.78 is 1.21. The zero-order valence-electron chi connectivity index (χ0n) is 11.5. The molecule has 0 spiro atoms. The summed E-state index contributed by atoms with van der Waals surface area (Å²) in [5, 5.41) is 3.74. The smallest absolute Gasteiger partial charge is 0.0326 e. The second-order valence-corrected chi connectivity index (χ2v) is 6.71. The number of hydrogen-bond donors (Lipinski definition) is 1. The van der Waals surface area contributed by atoms with E-state index in [4.69, 9.17) is 0 Å². The van der Waals surface area contributed by atoms with Crippen molar-refractivity contribution in [1.29, 1.82) is 0 Å². The molecule has 2 aliphatic rings. The van der Waals surface area contributed by atoms with Gasteiger partial charge in [-0.3, -0.25) is 0 Å². The molecule has 1 atom stereocenters. The van der Waals surface area contributed by atoms with Crippen molar-refractivity contribution in [2.45, 2.75) is 38.1 Å². The van der Waals surface area contributed by atoms with Crippen LogP contribution < -0.4 is 5.32 Å². The topological polar surface area (TPSA) is 15.3 Å². The van der Waals surface area contributed by atoms with Crippen molar-refractivity contribution in [2.75, 3.05) is 26.2 Å². The Hall–Kier alpha value is -0.380. The lowest BCUT2D eigenvalue weighted by atomic mass is 10.1. The minimum absolute atomic E-state index is 0.585. The van der Waals surface area contributed by atoms with Crippen molar-refractivity contribution in [1.82, 2.24) is 10.2 Å². The van der Waals surface area contributed by atoms with Crippen molar-refractivity contribution in [2.24, 2.45) is 0 Å². The second kappa shape index (κ2) is 6.38. The van der Waals surface area contributed by atoms with Gasteiger partial charge in [-0.25, -0.2) is 0 Å². The lowest BCUT2D eigenvalue weighted by Gasteiger charge is -2.17. The summed E-state index contributed by atoms with van der Waals surface area (Å²) in [5.74, 6) is 0. The summed E-state index contributed by atoms with van der Waals surface area (Å²) in [6.45, 7) is 5.06. The zero-order chi connectivity index (χ0) is 13.1. The van der Waals surface area contributed by atoms with Gasteiger partial charge in [0.1, 0.15) is 0 Å². The maximum atomic E-state index is 3.74. The Kier molecular flexibility index (Phi) is 4.57. The van der Waals surface area contributed by atoms with Crippen LogP contribution in [0.25, 0.3) is 0 Å². The van der Waals surface area contributed by atoms with Gasteiger partial charge in [-0.2, -0.15) is 0 Å². The molecule has 2 nitrogen and oxygen atoms in total. The number of nitrogens with zero attached hydrogens (tertiary/aromatic N) is 1. The predicted octanol–water partition coefficient (Wildman–Crippen LogP) is 3.51. The highest BCUT2D eigenvalue weighted by Crippen LogP contribution is 2.32. The molecule has 1 saturated heterocycles. The van der Waals surface area contributed by atoms with Crippen LogP contribution in [0, 0.1) is 0 Å². The van der Waals surface area contributed by atoms with Gasteiger partial charge in [-0.1, -0.05) is 22.0 Å². The Balaban J connectivity index is 1.44. The van der Waals surface area contributed by atoms with Gasteiger partial charge in [0.15, 0.2) is 0 Å². The third kappa shape index (κ3) is 3.39. The number of likely N-dealkylation sites (tertiary alicyclic amines) is 1. The van der Waals surface area contributed by atoms with Crippen LogP contribution >= 0.6 is 15.9 Å². The van der Waals surface area contributed by atoms with Crippen LogP contribution in [0.5, 0.6) is 0 Å². The molecule has 0 bridgehead atoms. The molecule has 0 aromatic heterocycles.